The highest BCUT2D eigenvalue weighted by Crippen LogP contribution is 2.26. The number of ether oxygens (including phenoxy) is 1. The van der Waals surface area contributed by atoms with E-state index >= 15 is 0 Å². The topological polar surface area (TPSA) is 52.1 Å². The Morgan fingerprint density at radius 1 is 1.21 bits per heavy atom. The van der Waals surface area contributed by atoms with Crippen LogP contribution in [0.15, 0.2) is 29.3 Å². The van der Waals surface area contributed by atoms with Gasteiger partial charge in [-0.3, -0.25) is 9.80 Å². The molecule has 0 bridgehead atoms. The zero-order valence-corrected chi connectivity index (χ0v) is 17.8. The predicted molar refractivity (Wildman–Crippen MR) is 116 cm³/mol. The van der Waals surface area contributed by atoms with Crippen LogP contribution in [-0.2, 0) is 17.8 Å². The third-order valence-corrected chi connectivity index (χ3v) is 5.75. The van der Waals surface area contributed by atoms with E-state index in [0.29, 0.717) is 12.6 Å². The molecule has 3 rings (SSSR count). The summed E-state index contributed by atoms with van der Waals surface area (Å²) < 4.78 is 5.47. The molecule has 1 aliphatic heterocycles. The third-order valence-electron chi connectivity index (χ3n) is 5.75. The Morgan fingerprint density at radius 2 is 1.93 bits per heavy atom. The molecule has 0 amide bonds. The van der Waals surface area contributed by atoms with E-state index in [0.717, 1.165) is 57.9 Å². The number of guanidine groups is 1. The molecule has 1 saturated carbocycles. The number of hydrogen-bond donors (Lipinski definition) is 2. The van der Waals surface area contributed by atoms with Gasteiger partial charge in [0.1, 0.15) is 0 Å². The first-order valence-corrected chi connectivity index (χ1v) is 10.8. The van der Waals surface area contributed by atoms with Gasteiger partial charge in [0.05, 0.1) is 19.8 Å². The van der Waals surface area contributed by atoms with Crippen LogP contribution in [0.2, 0.25) is 0 Å². The SMILES string of the molecule is CCNC(=NCc1ccccc1CN1CCOCC1)NCC(C)N(C)C1CC1. The molecule has 28 heavy (non-hydrogen) atoms. The second-order valence-electron chi connectivity index (χ2n) is 7.98. The lowest BCUT2D eigenvalue weighted by molar-refractivity contribution is 0.0341. The van der Waals surface area contributed by atoms with Crippen LogP contribution in [0, 0.1) is 0 Å². The minimum absolute atomic E-state index is 0.505. The standard InChI is InChI=1S/C22H37N5O/c1-4-23-22(24-15-18(2)26(3)21-9-10-21)25-16-19-7-5-6-8-20(19)17-27-11-13-28-14-12-27/h5-8,18,21H,4,9-17H2,1-3H3,(H2,23,24,25). The highest BCUT2D eigenvalue weighted by Gasteiger charge is 2.28. The highest BCUT2D eigenvalue weighted by atomic mass is 16.5. The van der Waals surface area contributed by atoms with Crippen molar-refractivity contribution in [3.8, 4) is 0 Å². The molecule has 1 heterocycles. The maximum atomic E-state index is 5.47. The maximum absolute atomic E-state index is 5.47. The molecule has 1 aromatic rings. The number of rotatable bonds is 9. The van der Waals surface area contributed by atoms with E-state index in [2.05, 4.69) is 65.6 Å². The highest BCUT2D eigenvalue weighted by molar-refractivity contribution is 5.79. The van der Waals surface area contributed by atoms with Crippen molar-refractivity contribution >= 4 is 5.96 Å². The first-order valence-electron chi connectivity index (χ1n) is 10.8. The molecule has 2 N–H and O–H groups in total. The summed E-state index contributed by atoms with van der Waals surface area (Å²) in [4.78, 5) is 9.81. The summed E-state index contributed by atoms with van der Waals surface area (Å²) in [7, 11) is 2.23. The molecule has 1 aromatic carbocycles. The molecule has 1 aliphatic carbocycles. The number of benzene rings is 1. The number of hydrogen-bond acceptors (Lipinski definition) is 4. The summed E-state index contributed by atoms with van der Waals surface area (Å²) in [5.74, 6) is 0.903. The molecular formula is C22H37N5O. The maximum Gasteiger partial charge on any atom is 0.191 e. The van der Waals surface area contributed by atoms with E-state index in [-0.39, 0.29) is 0 Å². The Morgan fingerprint density at radius 3 is 2.61 bits per heavy atom. The van der Waals surface area contributed by atoms with E-state index in [1.165, 1.54) is 24.0 Å². The van der Waals surface area contributed by atoms with Crippen molar-refractivity contribution in [3.63, 3.8) is 0 Å². The zero-order valence-electron chi connectivity index (χ0n) is 17.8. The van der Waals surface area contributed by atoms with Crippen LogP contribution in [0.5, 0.6) is 0 Å². The summed E-state index contributed by atoms with van der Waals surface area (Å²) in [6, 6.07) is 9.95. The van der Waals surface area contributed by atoms with E-state index in [4.69, 9.17) is 9.73 Å². The fourth-order valence-electron chi connectivity index (χ4n) is 3.60. The molecule has 1 atom stereocenters. The largest absolute Gasteiger partial charge is 0.379 e. The van der Waals surface area contributed by atoms with Gasteiger partial charge < -0.3 is 15.4 Å². The van der Waals surface area contributed by atoms with E-state index in [1.807, 2.05) is 0 Å². The number of aliphatic imine (C=N–C) groups is 1. The van der Waals surface area contributed by atoms with E-state index < -0.39 is 0 Å². The average Bonchev–Trinajstić information content (AvgIpc) is 3.56. The van der Waals surface area contributed by atoms with Gasteiger partial charge in [-0.2, -0.15) is 0 Å². The van der Waals surface area contributed by atoms with Gasteiger partial charge >= 0.3 is 0 Å². The Balaban J connectivity index is 1.57. The molecule has 0 radical (unpaired) electrons. The number of nitrogens with one attached hydrogen (secondary N) is 2. The van der Waals surface area contributed by atoms with Crippen LogP contribution >= 0.6 is 0 Å². The molecule has 1 saturated heterocycles. The van der Waals surface area contributed by atoms with Crippen LogP contribution in [-0.4, -0.2) is 74.3 Å². The van der Waals surface area contributed by atoms with Crippen molar-refractivity contribution in [2.45, 2.75) is 51.9 Å². The molecule has 2 aliphatic rings. The quantitative estimate of drug-likeness (QED) is 0.502. The first-order chi connectivity index (χ1) is 13.7. The van der Waals surface area contributed by atoms with Crippen molar-refractivity contribution in [1.29, 1.82) is 0 Å². The Labute approximate surface area is 170 Å². The van der Waals surface area contributed by atoms with Gasteiger partial charge in [0, 0.05) is 44.8 Å². The lowest BCUT2D eigenvalue weighted by Crippen LogP contribution is -2.45. The zero-order chi connectivity index (χ0) is 19.8. The first kappa shape index (κ1) is 21.1. The van der Waals surface area contributed by atoms with Crippen LogP contribution in [0.1, 0.15) is 37.8 Å². The van der Waals surface area contributed by atoms with E-state index in [9.17, 15) is 0 Å². The normalized spacial score (nSPS) is 19.6. The molecule has 0 aromatic heterocycles. The van der Waals surface area contributed by atoms with Crippen LogP contribution in [0.4, 0.5) is 0 Å². The number of morpholine rings is 1. The summed E-state index contributed by atoms with van der Waals surface area (Å²) >= 11 is 0. The summed E-state index contributed by atoms with van der Waals surface area (Å²) in [5, 5.41) is 6.91. The monoisotopic (exact) mass is 387 g/mol. The van der Waals surface area contributed by atoms with Crippen molar-refractivity contribution < 1.29 is 4.74 Å². The number of nitrogens with zero attached hydrogens (tertiary/aromatic N) is 3. The van der Waals surface area contributed by atoms with Crippen LogP contribution < -0.4 is 10.6 Å². The third kappa shape index (κ3) is 6.47. The summed E-state index contributed by atoms with van der Waals surface area (Å²) in [5.41, 5.74) is 2.67. The minimum atomic E-state index is 0.505. The van der Waals surface area contributed by atoms with Crippen molar-refractivity contribution in [2.75, 3.05) is 46.4 Å². The molecule has 1 unspecified atom stereocenters. The molecule has 156 valence electrons. The van der Waals surface area contributed by atoms with Gasteiger partial charge in [0.25, 0.3) is 0 Å². The van der Waals surface area contributed by atoms with E-state index in [1.54, 1.807) is 0 Å². The second kappa shape index (κ2) is 10.8. The second-order valence-corrected chi connectivity index (χ2v) is 7.98. The van der Waals surface area contributed by atoms with Gasteiger partial charge in [-0.05, 0) is 44.9 Å². The molecule has 2 fully saturated rings. The van der Waals surface area contributed by atoms with Crippen molar-refractivity contribution in [3.05, 3.63) is 35.4 Å². The fraction of sp³-hybridized carbons (Fsp3) is 0.682. The molecule has 0 spiro atoms. The van der Waals surface area contributed by atoms with Gasteiger partial charge in [0.15, 0.2) is 5.96 Å². The fourth-order valence-corrected chi connectivity index (χ4v) is 3.60. The Hall–Kier alpha value is -1.63. The van der Waals surface area contributed by atoms with Crippen LogP contribution in [0.25, 0.3) is 0 Å². The smallest absolute Gasteiger partial charge is 0.191 e. The number of likely N-dealkylation sites (N-methyl/N-ethyl adjacent to an activating group) is 1. The lowest BCUT2D eigenvalue weighted by Gasteiger charge is -2.27. The Kier molecular flexibility index (Phi) is 8.13. The van der Waals surface area contributed by atoms with Gasteiger partial charge in [0.2, 0.25) is 0 Å². The van der Waals surface area contributed by atoms with Gasteiger partial charge in [-0.15, -0.1) is 0 Å². The summed E-state index contributed by atoms with van der Waals surface area (Å²) in [6.07, 6.45) is 2.68. The van der Waals surface area contributed by atoms with Gasteiger partial charge in [-0.25, -0.2) is 4.99 Å². The minimum Gasteiger partial charge on any atom is -0.379 e. The van der Waals surface area contributed by atoms with Crippen molar-refractivity contribution in [2.24, 2.45) is 4.99 Å². The molecule has 6 heteroatoms. The summed E-state index contributed by atoms with van der Waals surface area (Å²) in [6.45, 7) is 11.5. The Bertz CT molecular complexity index is 625. The van der Waals surface area contributed by atoms with Crippen molar-refractivity contribution in [1.82, 2.24) is 20.4 Å². The van der Waals surface area contributed by atoms with Crippen LogP contribution in [0.3, 0.4) is 0 Å². The lowest BCUT2D eigenvalue weighted by atomic mass is 10.1. The molecular weight excluding hydrogens is 350 g/mol. The predicted octanol–water partition coefficient (Wildman–Crippen LogP) is 2.06. The molecule has 6 nitrogen and oxygen atoms in total. The van der Waals surface area contributed by atoms with Gasteiger partial charge in [-0.1, -0.05) is 24.3 Å². The average molecular weight is 388 g/mol.